The number of hydrogen-bond donors (Lipinski definition) is 0. The number of likely N-dealkylation sites (tertiary alicyclic amines) is 1. The third kappa shape index (κ3) is 3.52. The number of nitrogens with zero attached hydrogens (tertiary/aromatic N) is 1. The van der Waals surface area contributed by atoms with Crippen LogP contribution in [0.25, 0.3) is 6.08 Å². The summed E-state index contributed by atoms with van der Waals surface area (Å²) in [6, 6.07) is 7.15. The highest BCUT2D eigenvalue weighted by atomic mass is 16.5. The van der Waals surface area contributed by atoms with Crippen LogP contribution in [0.2, 0.25) is 0 Å². The second kappa shape index (κ2) is 6.89. The number of amides is 2. The molecule has 0 spiro atoms. The van der Waals surface area contributed by atoms with Gasteiger partial charge in [-0.25, -0.2) is 0 Å². The number of ether oxygens (including phenoxy) is 2. The van der Waals surface area contributed by atoms with Gasteiger partial charge in [0.15, 0.2) is 0 Å². The van der Waals surface area contributed by atoms with Gasteiger partial charge in [-0.15, -0.1) is 0 Å². The molecule has 0 aliphatic carbocycles. The maximum atomic E-state index is 12.2. The molecule has 1 aromatic rings. The van der Waals surface area contributed by atoms with Gasteiger partial charge in [-0.1, -0.05) is 12.1 Å². The standard InChI is InChI=1S/C16H17NO5/c1-3-22-15(19)10-17-14(18)9-12(16(17)20)7-11-5-4-6-13(8-11)21-2/h4-8H,3,9-10H2,1-2H3/b12-7+. The van der Waals surface area contributed by atoms with Gasteiger partial charge in [0, 0.05) is 5.57 Å². The molecule has 1 saturated heterocycles. The predicted molar refractivity (Wildman–Crippen MR) is 78.9 cm³/mol. The third-order valence-corrected chi connectivity index (χ3v) is 3.19. The molecule has 0 saturated carbocycles. The average molecular weight is 303 g/mol. The van der Waals surface area contributed by atoms with Gasteiger partial charge in [0.25, 0.3) is 5.91 Å². The number of esters is 1. The molecular formula is C16H17NO5. The molecule has 0 radical (unpaired) electrons. The Morgan fingerprint density at radius 1 is 1.36 bits per heavy atom. The molecule has 1 fully saturated rings. The lowest BCUT2D eigenvalue weighted by atomic mass is 10.1. The summed E-state index contributed by atoms with van der Waals surface area (Å²) >= 11 is 0. The molecule has 2 amide bonds. The second-order valence-electron chi connectivity index (χ2n) is 4.71. The van der Waals surface area contributed by atoms with Gasteiger partial charge in [0.05, 0.1) is 20.1 Å². The lowest BCUT2D eigenvalue weighted by molar-refractivity contribution is -0.151. The Balaban J connectivity index is 2.16. The molecule has 1 aromatic carbocycles. The van der Waals surface area contributed by atoms with Crippen LogP contribution in [0.1, 0.15) is 18.9 Å². The largest absolute Gasteiger partial charge is 0.497 e. The minimum Gasteiger partial charge on any atom is -0.497 e. The first-order valence-electron chi connectivity index (χ1n) is 6.90. The summed E-state index contributed by atoms with van der Waals surface area (Å²) in [7, 11) is 1.55. The Bertz CT molecular complexity index is 635. The first-order valence-corrected chi connectivity index (χ1v) is 6.90. The van der Waals surface area contributed by atoms with Gasteiger partial charge >= 0.3 is 5.97 Å². The van der Waals surface area contributed by atoms with E-state index in [0.29, 0.717) is 11.3 Å². The van der Waals surface area contributed by atoms with Crippen molar-refractivity contribution < 1.29 is 23.9 Å². The lowest BCUT2D eigenvalue weighted by Gasteiger charge is -2.11. The first kappa shape index (κ1) is 15.8. The summed E-state index contributed by atoms with van der Waals surface area (Å²) in [5, 5.41) is 0. The maximum Gasteiger partial charge on any atom is 0.326 e. The van der Waals surface area contributed by atoms with Crippen molar-refractivity contribution in [1.82, 2.24) is 4.90 Å². The van der Waals surface area contributed by atoms with Crippen molar-refractivity contribution in [2.75, 3.05) is 20.3 Å². The summed E-state index contributed by atoms with van der Waals surface area (Å²) in [6.07, 6.45) is 1.61. The van der Waals surface area contributed by atoms with Crippen molar-refractivity contribution in [3.05, 3.63) is 35.4 Å². The smallest absolute Gasteiger partial charge is 0.326 e. The van der Waals surface area contributed by atoms with E-state index in [4.69, 9.17) is 9.47 Å². The summed E-state index contributed by atoms with van der Waals surface area (Å²) in [5.74, 6) is -0.783. The molecule has 1 aliphatic rings. The number of imide groups is 1. The van der Waals surface area contributed by atoms with Crippen LogP contribution < -0.4 is 4.74 Å². The van der Waals surface area contributed by atoms with Crippen LogP contribution in [0.3, 0.4) is 0 Å². The fourth-order valence-corrected chi connectivity index (χ4v) is 2.16. The van der Waals surface area contributed by atoms with E-state index in [-0.39, 0.29) is 19.6 Å². The molecule has 1 aliphatic heterocycles. The van der Waals surface area contributed by atoms with Gasteiger partial charge in [-0.3, -0.25) is 19.3 Å². The molecule has 2 rings (SSSR count). The number of rotatable bonds is 5. The molecule has 22 heavy (non-hydrogen) atoms. The molecule has 0 aromatic heterocycles. The molecule has 6 heteroatoms. The van der Waals surface area contributed by atoms with Crippen LogP contribution in [0.4, 0.5) is 0 Å². The Hall–Kier alpha value is -2.63. The minimum absolute atomic E-state index is 0.0184. The van der Waals surface area contributed by atoms with Gasteiger partial charge < -0.3 is 9.47 Å². The lowest BCUT2D eigenvalue weighted by Crippen LogP contribution is -2.35. The van der Waals surface area contributed by atoms with Crippen molar-refractivity contribution in [3.63, 3.8) is 0 Å². The van der Waals surface area contributed by atoms with Crippen molar-refractivity contribution in [1.29, 1.82) is 0 Å². The Morgan fingerprint density at radius 3 is 2.82 bits per heavy atom. The van der Waals surface area contributed by atoms with Gasteiger partial charge in [0.2, 0.25) is 5.91 Å². The van der Waals surface area contributed by atoms with Crippen molar-refractivity contribution >= 4 is 23.9 Å². The van der Waals surface area contributed by atoms with Crippen molar-refractivity contribution in [2.45, 2.75) is 13.3 Å². The molecule has 0 bridgehead atoms. The average Bonchev–Trinajstić information content (AvgIpc) is 2.75. The number of hydrogen-bond acceptors (Lipinski definition) is 5. The summed E-state index contributed by atoms with van der Waals surface area (Å²) in [6.45, 7) is 1.53. The van der Waals surface area contributed by atoms with Crippen LogP contribution in [-0.4, -0.2) is 42.9 Å². The molecule has 116 valence electrons. The van der Waals surface area contributed by atoms with E-state index in [1.807, 2.05) is 0 Å². The van der Waals surface area contributed by atoms with Crippen molar-refractivity contribution in [3.8, 4) is 5.75 Å². The normalized spacial score (nSPS) is 16.3. The van der Waals surface area contributed by atoms with E-state index >= 15 is 0 Å². The highest BCUT2D eigenvalue weighted by Gasteiger charge is 2.35. The zero-order chi connectivity index (χ0) is 16.1. The molecule has 6 nitrogen and oxygen atoms in total. The molecule has 0 unspecified atom stereocenters. The molecule has 0 N–H and O–H groups in total. The minimum atomic E-state index is -0.591. The zero-order valence-corrected chi connectivity index (χ0v) is 12.5. The van der Waals surface area contributed by atoms with E-state index in [2.05, 4.69) is 0 Å². The fraction of sp³-hybridized carbons (Fsp3) is 0.312. The van der Waals surface area contributed by atoms with Crippen LogP contribution >= 0.6 is 0 Å². The van der Waals surface area contributed by atoms with Crippen LogP contribution in [0.5, 0.6) is 5.75 Å². The van der Waals surface area contributed by atoms with Gasteiger partial charge in [-0.05, 0) is 30.7 Å². The highest BCUT2D eigenvalue weighted by molar-refractivity contribution is 6.16. The van der Waals surface area contributed by atoms with Crippen LogP contribution in [0.15, 0.2) is 29.8 Å². The van der Waals surface area contributed by atoms with Crippen molar-refractivity contribution in [2.24, 2.45) is 0 Å². The number of carbonyl (C=O) groups is 3. The summed E-state index contributed by atoms with van der Waals surface area (Å²) < 4.78 is 9.88. The number of benzene rings is 1. The first-order chi connectivity index (χ1) is 10.5. The monoisotopic (exact) mass is 303 g/mol. The quantitative estimate of drug-likeness (QED) is 0.467. The third-order valence-electron chi connectivity index (χ3n) is 3.19. The predicted octanol–water partition coefficient (Wildman–Crippen LogP) is 1.40. The second-order valence-corrected chi connectivity index (χ2v) is 4.71. The highest BCUT2D eigenvalue weighted by Crippen LogP contribution is 2.23. The zero-order valence-electron chi connectivity index (χ0n) is 12.5. The SMILES string of the molecule is CCOC(=O)CN1C(=O)C/C(=C\c2cccc(OC)c2)C1=O. The van der Waals surface area contributed by atoms with Crippen LogP contribution in [-0.2, 0) is 19.1 Å². The Labute approximate surface area is 128 Å². The fourth-order valence-electron chi connectivity index (χ4n) is 2.16. The van der Waals surface area contributed by atoms with E-state index in [9.17, 15) is 14.4 Å². The van der Waals surface area contributed by atoms with Crippen LogP contribution in [0, 0.1) is 0 Å². The Kier molecular flexibility index (Phi) is 4.93. The number of carbonyl (C=O) groups excluding carboxylic acids is 3. The van der Waals surface area contributed by atoms with E-state index in [1.54, 1.807) is 44.4 Å². The maximum absolute atomic E-state index is 12.2. The topological polar surface area (TPSA) is 72.9 Å². The summed E-state index contributed by atoms with van der Waals surface area (Å²) in [4.78, 5) is 36.4. The summed E-state index contributed by atoms with van der Waals surface area (Å²) in [5.41, 5.74) is 1.11. The molecule has 1 heterocycles. The Morgan fingerprint density at radius 2 is 2.14 bits per heavy atom. The molecular weight excluding hydrogens is 286 g/mol. The van der Waals surface area contributed by atoms with Gasteiger partial charge in [0.1, 0.15) is 12.3 Å². The van der Waals surface area contributed by atoms with Gasteiger partial charge in [-0.2, -0.15) is 0 Å². The van der Waals surface area contributed by atoms with E-state index in [1.165, 1.54) is 0 Å². The van der Waals surface area contributed by atoms with E-state index in [0.717, 1.165) is 10.5 Å². The van der Waals surface area contributed by atoms with E-state index < -0.39 is 17.8 Å². The number of methoxy groups -OCH3 is 1. The molecule has 0 atom stereocenters.